The van der Waals surface area contributed by atoms with Gasteiger partial charge in [0, 0.05) is 18.3 Å². The molecule has 0 saturated carbocycles. The molecule has 1 amide bonds. The smallest absolute Gasteiger partial charge is 0.231 e. The molecule has 0 aliphatic carbocycles. The van der Waals surface area contributed by atoms with Crippen molar-refractivity contribution < 1.29 is 14.3 Å². The van der Waals surface area contributed by atoms with E-state index < -0.39 is 0 Å². The highest BCUT2D eigenvalue weighted by atomic mass is 16.7. The lowest BCUT2D eigenvalue weighted by molar-refractivity contribution is -0.119. The summed E-state index contributed by atoms with van der Waals surface area (Å²) in [7, 11) is 1.84. The van der Waals surface area contributed by atoms with Gasteiger partial charge in [-0.2, -0.15) is 0 Å². The topological polar surface area (TPSA) is 59.6 Å². The first-order valence-electron chi connectivity index (χ1n) is 6.09. The summed E-state index contributed by atoms with van der Waals surface area (Å²) in [5.41, 5.74) is 0.735. The third-order valence-electron chi connectivity index (χ3n) is 2.95. The number of ether oxygens (including phenoxy) is 2. The molecule has 1 aromatic carbocycles. The molecule has 0 bridgehead atoms. The first-order valence-corrected chi connectivity index (χ1v) is 6.09. The van der Waals surface area contributed by atoms with Gasteiger partial charge in [0.15, 0.2) is 11.5 Å². The van der Waals surface area contributed by atoms with E-state index in [0.717, 1.165) is 17.9 Å². The van der Waals surface area contributed by atoms with E-state index >= 15 is 0 Å². The first kappa shape index (κ1) is 12.7. The molecule has 5 heteroatoms. The van der Waals surface area contributed by atoms with E-state index in [2.05, 4.69) is 10.6 Å². The van der Waals surface area contributed by atoms with Crippen LogP contribution in [0.2, 0.25) is 0 Å². The third kappa shape index (κ3) is 2.73. The minimum atomic E-state index is -0.0274. The monoisotopic (exact) mass is 250 g/mol. The van der Waals surface area contributed by atoms with E-state index in [0.29, 0.717) is 12.3 Å². The van der Waals surface area contributed by atoms with Gasteiger partial charge in [0.05, 0.1) is 5.92 Å². The summed E-state index contributed by atoms with van der Waals surface area (Å²) in [4.78, 5) is 12.0. The Balaban J connectivity index is 2.02. The molecule has 98 valence electrons. The van der Waals surface area contributed by atoms with Gasteiger partial charge in [-0.3, -0.25) is 4.79 Å². The Labute approximate surface area is 106 Å². The fourth-order valence-electron chi connectivity index (χ4n) is 1.89. The van der Waals surface area contributed by atoms with E-state index in [-0.39, 0.29) is 18.6 Å². The number of anilines is 1. The van der Waals surface area contributed by atoms with Crippen molar-refractivity contribution in [1.29, 1.82) is 0 Å². The Morgan fingerprint density at radius 3 is 2.89 bits per heavy atom. The van der Waals surface area contributed by atoms with E-state index in [1.54, 1.807) is 12.1 Å². The van der Waals surface area contributed by atoms with Crippen LogP contribution in [0.5, 0.6) is 11.5 Å². The summed E-state index contributed by atoms with van der Waals surface area (Å²) >= 11 is 0. The van der Waals surface area contributed by atoms with E-state index in [9.17, 15) is 4.79 Å². The fourth-order valence-corrected chi connectivity index (χ4v) is 1.89. The Morgan fingerprint density at radius 1 is 1.39 bits per heavy atom. The van der Waals surface area contributed by atoms with Crippen molar-refractivity contribution in [3.8, 4) is 11.5 Å². The Hall–Kier alpha value is -1.75. The van der Waals surface area contributed by atoms with Gasteiger partial charge in [0.2, 0.25) is 12.7 Å². The van der Waals surface area contributed by atoms with Crippen LogP contribution < -0.4 is 20.1 Å². The summed E-state index contributed by atoms with van der Waals surface area (Å²) < 4.78 is 10.5. The van der Waals surface area contributed by atoms with Crippen LogP contribution in [0.1, 0.15) is 13.3 Å². The average Bonchev–Trinajstić information content (AvgIpc) is 2.83. The second kappa shape index (κ2) is 5.73. The molecule has 2 rings (SSSR count). The zero-order valence-corrected chi connectivity index (χ0v) is 10.7. The van der Waals surface area contributed by atoms with Crippen LogP contribution in [-0.4, -0.2) is 26.3 Å². The molecule has 1 aromatic rings. The minimum Gasteiger partial charge on any atom is -0.454 e. The average molecular weight is 250 g/mol. The van der Waals surface area contributed by atoms with Crippen LogP contribution in [0, 0.1) is 5.92 Å². The number of carbonyl (C=O) groups is 1. The molecule has 0 aromatic heterocycles. The van der Waals surface area contributed by atoms with Gasteiger partial charge in [-0.25, -0.2) is 0 Å². The zero-order chi connectivity index (χ0) is 13.0. The molecule has 0 saturated heterocycles. The van der Waals surface area contributed by atoms with Crippen LogP contribution in [0.3, 0.4) is 0 Å². The van der Waals surface area contributed by atoms with Crippen LogP contribution in [0.15, 0.2) is 18.2 Å². The first-order chi connectivity index (χ1) is 8.74. The maximum absolute atomic E-state index is 12.0. The summed E-state index contributed by atoms with van der Waals surface area (Å²) in [6.45, 7) is 2.91. The quantitative estimate of drug-likeness (QED) is 0.833. The number of hydrogen-bond donors (Lipinski definition) is 2. The van der Waals surface area contributed by atoms with Gasteiger partial charge in [-0.1, -0.05) is 6.92 Å². The highest BCUT2D eigenvalue weighted by molar-refractivity contribution is 5.93. The highest BCUT2D eigenvalue weighted by Crippen LogP contribution is 2.34. The standard InChI is InChI=1S/C13H18N2O3/c1-3-9(7-14-2)13(16)15-10-4-5-11-12(6-10)18-8-17-11/h4-6,9,14H,3,7-8H2,1-2H3,(H,15,16). The van der Waals surface area contributed by atoms with E-state index in [4.69, 9.17) is 9.47 Å². The number of amides is 1. The Morgan fingerprint density at radius 2 is 2.17 bits per heavy atom. The largest absolute Gasteiger partial charge is 0.454 e. The molecule has 0 spiro atoms. The summed E-state index contributed by atoms with van der Waals surface area (Å²) in [5, 5.41) is 5.91. The Bertz CT molecular complexity index is 434. The lowest BCUT2D eigenvalue weighted by Crippen LogP contribution is -2.30. The van der Waals surface area contributed by atoms with Crippen molar-refractivity contribution in [1.82, 2.24) is 5.32 Å². The van der Waals surface area contributed by atoms with Crippen molar-refractivity contribution in [3.05, 3.63) is 18.2 Å². The maximum atomic E-state index is 12.0. The van der Waals surface area contributed by atoms with Crippen LogP contribution in [-0.2, 0) is 4.79 Å². The molecule has 1 aliphatic rings. The lowest BCUT2D eigenvalue weighted by Gasteiger charge is -2.14. The SMILES string of the molecule is CCC(CNC)C(=O)Nc1ccc2c(c1)OCO2. The summed E-state index contributed by atoms with van der Waals surface area (Å²) in [6.07, 6.45) is 0.803. The molecular weight excluding hydrogens is 232 g/mol. The molecule has 1 unspecified atom stereocenters. The molecule has 0 radical (unpaired) electrons. The maximum Gasteiger partial charge on any atom is 0.231 e. The van der Waals surface area contributed by atoms with Crippen molar-refractivity contribution in [2.75, 3.05) is 25.7 Å². The van der Waals surface area contributed by atoms with Gasteiger partial charge in [-0.15, -0.1) is 0 Å². The molecule has 0 fully saturated rings. The molecule has 1 heterocycles. The van der Waals surface area contributed by atoms with Gasteiger partial charge in [-0.05, 0) is 25.6 Å². The lowest BCUT2D eigenvalue weighted by atomic mass is 10.1. The van der Waals surface area contributed by atoms with Crippen molar-refractivity contribution in [3.63, 3.8) is 0 Å². The van der Waals surface area contributed by atoms with Crippen LogP contribution in [0.4, 0.5) is 5.69 Å². The number of fused-ring (bicyclic) bond motifs is 1. The number of carbonyl (C=O) groups excluding carboxylic acids is 1. The highest BCUT2D eigenvalue weighted by Gasteiger charge is 2.18. The second-order valence-corrected chi connectivity index (χ2v) is 4.22. The molecule has 2 N–H and O–H groups in total. The number of benzene rings is 1. The molecular formula is C13H18N2O3. The van der Waals surface area contributed by atoms with Gasteiger partial charge in [0.25, 0.3) is 0 Å². The van der Waals surface area contributed by atoms with Crippen molar-refractivity contribution >= 4 is 11.6 Å². The van der Waals surface area contributed by atoms with Gasteiger partial charge in [0.1, 0.15) is 0 Å². The minimum absolute atomic E-state index is 0.0192. The zero-order valence-electron chi connectivity index (χ0n) is 10.7. The van der Waals surface area contributed by atoms with Gasteiger partial charge >= 0.3 is 0 Å². The fraction of sp³-hybridized carbons (Fsp3) is 0.462. The van der Waals surface area contributed by atoms with Gasteiger partial charge < -0.3 is 20.1 Å². The van der Waals surface area contributed by atoms with E-state index in [1.807, 2.05) is 20.0 Å². The second-order valence-electron chi connectivity index (χ2n) is 4.22. The van der Waals surface area contributed by atoms with Crippen molar-refractivity contribution in [2.45, 2.75) is 13.3 Å². The molecule has 1 atom stereocenters. The molecule has 1 aliphatic heterocycles. The predicted octanol–water partition coefficient (Wildman–Crippen LogP) is 1.60. The summed E-state index contributed by atoms with van der Waals surface area (Å²) in [5.74, 6) is 1.39. The predicted molar refractivity (Wildman–Crippen MR) is 68.9 cm³/mol. The van der Waals surface area contributed by atoms with Crippen LogP contribution in [0.25, 0.3) is 0 Å². The van der Waals surface area contributed by atoms with E-state index in [1.165, 1.54) is 0 Å². The molecule has 18 heavy (non-hydrogen) atoms. The number of hydrogen-bond acceptors (Lipinski definition) is 4. The van der Waals surface area contributed by atoms with Crippen molar-refractivity contribution in [2.24, 2.45) is 5.92 Å². The Kier molecular flexibility index (Phi) is 4.04. The third-order valence-corrected chi connectivity index (χ3v) is 2.95. The number of rotatable bonds is 5. The normalized spacial score (nSPS) is 14.3. The van der Waals surface area contributed by atoms with Crippen LogP contribution >= 0.6 is 0 Å². The number of nitrogens with one attached hydrogen (secondary N) is 2. The molecule has 5 nitrogen and oxygen atoms in total. The summed E-state index contributed by atoms with van der Waals surface area (Å²) in [6, 6.07) is 5.40.